The van der Waals surface area contributed by atoms with Crippen molar-refractivity contribution in [3.8, 4) is 5.75 Å². The lowest BCUT2D eigenvalue weighted by atomic mass is 10.0. The van der Waals surface area contributed by atoms with Crippen LogP contribution in [0, 0.1) is 0 Å². The van der Waals surface area contributed by atoms with Crippen molar-refractivity contribution in [3.63, 3.8) is 0 Å². The third-order valence-electron chi connectivity index (χ3n) is 5.96. The summed E-state index contributed by atoms with van der Waals surface area (Å²) < 4.78 is 45.0. The van der Waals surface area contributed by atoms with Gasteiger partial charge in [-0.1, -0.05) is 18.2 Å². The number of fused-ring (bicyclic) bond motifs is 1. The van der Waals surface area contributed by atoms with Crippen molar-refractivity contribution in [2.24, 2.45) is 0 Å². The molecule has 0 bridgehead atoms. The molecule has 1 saturated heterocycles. The Labute approximate surface area is 180 Å². The van der Waals surface area contributed by atoms with Gasteiger partial charge in [-0.25, -0.2) is 0 Å². The van der Waals surface area contributed by atoms with E-state index in [9.17, 15) is 18.0 Å². The van der Waals surface area contributed by atoms with Crippen LogP contribution in [0.5, 0.6) is 5.75 Å². The second-order valence-corrected chi connectivity index (χ2v) is 8.27. The zero-order chi connectivity index (χ0) is 21.8. The Balaban J connectivity index is 1.34. The van der Waals surface area contributed by atoms with Crippen LogP contribution in [0.15, 0.2) is 42.5 Å². The molecule has 1 atom stereocenters. The van der Waals surface area contributed by atoms with Crippen LogP contribution in [0.1, 0.15) is 48.8 Å². The zero-order valence-electron chi connectivity index (χ0n) is 17.4. The average Bonchev–Trinajstić information content (AvgIpc) is 2.75. The van der Waals surface area contributed by atoms with Crippen molar-refractivity contribution in [3.05, 3.63) is 59.2 Å². The monoisotopic (exact) mass is 432 g/mol. The topological polar surface area (TPSA) is 41.6 Å². The maximum atomic E-state index is 12.9. The molecule has 0 aliphatic carbocycles. The van der Waals surface area contributed by atoms with Crippen LogP contribution in [0.2, 0.25) is 0 Å². The van der Waals surface area contributed by atoms with Gasteiger partial charge in [-0.15, -0.1) is 0 Å². The summed E-state index contributed by atoms with van der Waals surface area (Å²) in [4.78, 5) is 13.8. The SMILES string of the molecule is O=C1CCc2cc(OC3CCCCN3CCCc3cccc(C(F)(F)F)c3)ccc2N1. The van der Waals surface area contributed by atoms with E-state index in [2.05, 4.69) is 10.2 Å². The van der Waals surface area contributed by atoms with Crippen LogP contribution in [0.4, 0.5) is 18.9 Å². The molecule has 1 unspecified atom stereocenters. The molecular formula is C24H27F3N2O2. The summed E-state index contributed by atoms with van der Waals surface area (Å²) in [7, 11) is 0. The number of piperidine rings is 1. The smallest absolute Gasteiger partial charge is 0.416 e. The summed E-state index contributed by atoms with van der Waals surface area (Å²) in [6.07, 6.45) is 1.35. The van der Waals surface area contributed by atoms with Gasteiger partial charge in [0, 0.05) is 25.2 Å². The number of hydrogen-bond acceptors (Lipinski definition) is 3. The minimum atomic E-state index is -4.31. The van der Waals surface area contributed by atoms with Crippen molar-refractivity contribution < 1.29 is 22.7 Å². The lowest BCUT2D eigenvalue weighted by Gasteiger charge is -2.35. The Kier molecular flexibility index (Phi) is 6.51. The number of nitrogens with zero attached hydrogens (tertiary/aromatic N) is 1. The van der Waals surface area contributed by atoms with Crippen molar-refractivity contribution in [1.82, 2.24) is 4.90 Å². The summed E-state index contributed by atoms with van der Waals surface area (Å²) in [5, 5.41) is 2.88. The number of amides is 1. The number of halogens is 3. The van der Waals surface area contributed by atoms with Gasteiger partial charge in [0.05, 0.1) is 5.56 Å². The van der Waals surface area contributed by atoms with Gasteiger partial charge < -0.3 is 10.1 Å². The summed E-state index contributed by atoms with van der Waals surface area (Å²) in [6, 6.07) is 11.4. The maximum absolute atomic E-state index is 12.9. The van der Waals surface area contributed by atoms with E-state index in [1.54, 1.807) is 6.07 Å². The second-order valence-electron chi connectivity index (χ2n) is 8.27. The molecule has 2 aromatic carbocycles. The van der Waals surface area contributed by atoms with E-state index < -0.39 is 11.7 Å². The Hall–Kier alpha value is -2.54. The molecule has 0 aromatic heterocycles. The molecule has 2 aromatic rings. The number of rotatable bonds is 6. The number of anilines is 1. The van der Waals surface area contributed by atoms with E-state index in [4.69, 9.17) is 4.74 Å². The fraction of sp³-hybridized carbons (Fsp3) is 0.458. The highest BCUT2D eigenvalue weighted by molar-refractivity contribution is 5.93. The number of ether oxygens (including phenoxy) is 1. The Morgan fingerprint density at radius 1 is 1.10 bits per heavy atom. The van der Waals surface area contributed by atoms with Gasteiger partial charge >= 0.3 is 6.18 Å². The number of carbonyl (C=O) groups excluding carboxylic acids is 1. The van der Waals surface area contributed by atoms with Crippen molar-refractivity contribution in [1.29, 1.82) is 0 Å². The van der Waals surface area contributed by atoms with Crippen LogP contribution in [0.3, 0.4) is 0 Å². The average molecular weight is 432 g/mol. The third-order valence-corrected chi connectivity index (χ3v) is 5.96. The number of alkyl halides is 3. The van der Waals surface area contributed by atoms with E-state index in [-0.39, 0.29) is 12.1 Å². The quantitative estimate of drug-likeness (QED) is 0.663. The van der Waals surface area contributed by atoms with Gasteiger partial charge in [0.15, 0.2) is 6.23 Å². The molecule has 0 radical (unpaired) electrons. The number of likely N-dealkylation sites (tertiary alicyclic amines) is 1. The molecule has 2 aliphatic rings. The van der Waals surface area contributed by atoms with Gasteiger partial charge in [-0.2, -0.15) is 13.2 Å². The normalized spacial score (nSPS) is 19.6. The number of nitrogens with one attached hydrogen (secondary N) is 1. The van der Waals surface area contributed by atoms with Gasteiger partial charge in [0.1, 0.15) is 5.75 Å². The van der Waals surface area contributed by atoms with E-state index in [0.29, 0.717) is 24.8 Å². The molecule has 0 saturated carbocycles. The predicted octanol–water partition coefficient (Wildman–Crippen LogP) is 5.41. The fourth-order valence-corrected chi connectivity index (χ4v) is 4.33. The molecule has 1 fully saturated rings. The first-order chi connectivity index (χ1) is 14.9. The van der Waals surface area contributed by atoms with Gasteiger partial charge in [-0.3, -0.25) is 9.69 Å². The van der Waals surface area contributed by atoms with Crippen LogP contribution in [-0.4, -0.2) is 30.1 Å². The molecule has 4 rings (SSSR count). The van der Waals surface area contributed by atoms with Crippen LogP contribution < -0.4 is 10.1 Å². The molecule has 166 valence electrons. The third kappa shape index (κ3) is 5.58. The first-order valence-corrected chi connectivity index (χ1v) is 10.9. The molecule has 1 N–H and O–H groups in total. The zero-order valence-corrected chi connectivity index (χ0v) is 17.4. The maximum Gasteiger partial charge on any atom is 0.416 e. The summed E-state index contributed by atoms with van der Waals surface area (Å²) >= 11 is 0. The van der Waals surface area contributed by atoms with E-state index >= 15 is 0 Å². The van der Waals surface area contributed by atoms with Crippen molar-refractivity contribution in [2.75, 3.05) is 18.4 Å². The standard InChI is InChI=1S/C24H27F3N2O2/c25-24(26,27)19-7-3-5-17(15-19)6-4-14-29-13-2-1-8-23(29)31-20-10-11-21-18(16-20)9-12-22(30)28-21/h3,5,7,10-11,15-16,23H,1-2,4,6,8-9,12-14H2,(H,28,30). The Bertz CT molecular complexity index is 929. The molecular weight excluding hydrogens is 405 g/mol. The van der Waals surface area contributed by atoms with Gasteiger partial charge in [0.2, 0.25) is 5.91 Å². The van der Waals surface area contributed by atoms with E-state index in [1.807, 2.05) is 18.2 Å². The van der Waals surface area contributed by atoms with Crippen LogP contribution in [0.25, 0.3) is 0 Å². The molecule has 2 heterocycles. The first kappa shape index (κ1) is 21.7. The van der Waals surface area contributed by atoms with Crippen molar-refractivity contribution >= 4 is 11.6 Å². The predicted molar refractivity (Wildman–Crippen MR) is 113 cm³/mol. The van der Waals surface area contributed by atoms with E-state index in [0.717, 1.165) is 61.8 Å². The summed E-state index contributed by atoms with van der Waals surface area (Å²) in [6.45, 7) is 1.70. The minimum Gasteiger partial charge on any atom is -0.475 e. The number of aryl methyl sites for hydroxylation is 2. The molecule has 7 heteroatoms. The minimum absolute atomic E-state index is 0.0357. The van der Waals surface area contributed by atoms with Crippen molar-refractivity contribution in [2.45, 2.75) is 57.3 Å². The Morgan fingerprint density at radius 3 is 2.81 bits per heavy atom. The summed E-state index contributed by atoms with van der Waals surface area (Å²) in [5.41, 5.74) is 2.06. The first-order valence-electron chi connectivity index (χ1n) is 10.9. The molecule has 4 nitrogen and oxygen atoms in total. The molecule has 0 spiro atoms. The molecule has 31 heavy (non-hydrogen) atoms. The number of benzene rings is 2. The Morgan fingerprint density at radius 2 is 1.97 bits per heavy atom. The lowest BCUT2D eigenvalue weighted by Crippen LogP contribution is -2.43. The van der Waals surface area contributed by atoms with E-state index in [1.165, 1.54) is 12.1 Å². The highest BCUT2D eigenvalue weighted by Crippen LogP contribution is 2.31. The molecule has 2 aliphatic heterocycles. The number of hydrogen-bond donors (Lipinski definition) is 1. The molecule has 1 amide bonds. The highest BCUT2D eigenvalue weighted by Gasteiger charge is 2.30. The van der Waals surface area contributed by atoms with Crippen LogP contribution >= 0.6 is 0 Å². The van der Waals surface area contributed by atoms with Crippen LogP contribution in [-0.2, 0) is 23.8 Å². The van der Waals surface area contributed by atoms with Gasteiger partial charge in [-0.05, 0) is 73.9 Å². The summed E-state index contributed by atoms with van der Waals surface area (Å²) in [5.74, 6) is 0.838. The van der Waals surface area contributed by atoms with Gasteiger partial charge in [0.25, 0.3) is 0 Å². The largest absolute Gasteiger partial charge is 0.475 e. The number of carbonyl (C=O) groups is 1. The lowest BCUT2D eigenvalue weighted by molar-refractivity contribution is -0.137. The second kappa shape index (κ2) is 9.30. The fourth-order valence-electron chi connectivity index (χ4n) is 4.33. The highest BCUT2D eigenvalue weighted by atomic mass is 19.4.